The lowest BCUT2D eigenvalue weighted by molar-refractivity contribution is 0.145. The van der Waals surface area contributed by atoms with E-state index in [1.165, 1.54) is 12.1 Å². The molecule has 1 saturated heterocycles. The molecule has 0 bridgehead atoms. The second kappa shape index (κ2) is 10.4. The number of aryl methyl sites for hydroxylation is 1. The van der Waals surface area contributed by atoms with Crippen LogP contribution in [0.2, 0.25) is 0 Å². The number of rotatable bonds is 6. The Morgan fingerprint density at radius 1 is 1.07 bits per heavy atom. The molecule has 0 spiro atoms. The molecule has 1 fully saturated rings. The smallest absolute Gasteiger partial charge is 0.191 e. The van der Waals surface area contributed by atoms with Crippen LogP contribution in [-0.4, -0.2) is 36.8 Å². The van der Waals surface area contributed by atoms with Crippen LogP contribution in [0.5, 0.6) is 0 Å². The van der Waals surface area contributed by atoms with Crippen LogP contribution in [0.1, 0.15) is 36.5 Å². The summed E-state index contributed by atoms with van der Waals surface area (Å²) in [6.07, 6.45) is 1.04. The number of guanidine groups is 1. The van der Waals surface area contributed by atoms with Gasteiger partial charge in [0.1, 0.15) is 11.6 Å². The highest BCUT2D eigenvalue weighted by Gasteiger charge is 2.19. The quantitative estimate of drug-likeness (QED) is 0.498. The topological polar surface area (TPSA) is 59.9 Å². The van der Waals surface area contributed by atoms with Gasteiger partial charge in [0.15, 0.2) is 5.96 Å². The maximum absolute atomic E-state index is 14.6. The maximum atomic E-state index is 14.6. The van der Waals surface area contributed by atoms with Crippen LogP contribution in [0.4, 0.5) is 14.5 Å². The van der Waals surface area contributed by atoms with Gasteiger partial charge in [0.05, 0.1) is 18.3 Å². The number of aliphatic hydroxyl groups excluding tert-OH is 1. The monoisotopic (exact) mass is 416 g/mol. The van der Waals surface area contributed by atoms with Gasteiger partial charge in [-0.05, 0) is 61.6 Å². The van der Waals surface area contributed by atoms with Gasteiger partial charge >= 0.3 is 0 Å². The van der Waals surface area contributed by atoms with Crippen molar-refractivity contribution in [3.8, 4) is 0 Å². The molecule has 0 aliphatic carbocycles. The van der Waals surface area contributed by atoms with Gasteiger partial charge < -0.3 is 20.6 Å². The molecule has 0 saturated carbocycles. The van der Waals surface area contributed by atoms with E-state index in [1.807, 2.05) is 24.0 Å². The van der Waals surface area contributed by atoms with Gasteiger partial charge in [-0.3, -0.25) is 0 Å². The zero-order valence-corrected chi connectivity index (χ0v) is 17.6. The van der Waals surface area contributed by atoms with E-state index in [0.29, 0.717) is 62.8 Å². The summed E-state index contributed by atoms with van der Waals surface area (Å²) in [6, 6.07) is 10.3. The molecule has 30 heavy (non-hydrogen) atoms. The van der Waals surface area contributed by atoms with Crippen molar-refractivity contribution in [2.45, 2.75) is 45.9 Å². The SMILES string of the molecule is CCNC(=NCc1ccc(N2CCC(O)CC2)c(F)c1)NCc1ccc(C)c(F)c1. The summed E-state index contributed by atoms with van der Waals surface area (Å²) in [5.41, 5.74) is 2.78. The molecule has 1 aliphatic heterocycles. The molecule has 2 aromatic rings. The zero-order valence-electron chi connectivity index (χ0n) is 17.6. The van der Waals surface area contributed by atoms with Crippen LogP contribution >= 0.6 is 0 Å². The van der Waals surface area contributed by atoms with Gasteiger partial charge in [-0.1, -0.05) is 18.2 Å². The normalized spacial score (nSPS) is 15.4. The maximum Gasteiger partial charge on any atom is 0.191 e. The second-order valence-electron chi connectivity index (χ2n) is 7.64. The average Bonchev–Trinajstić information content (AvgIpc) is 2.73. The summed E-state index contributed by atoms with van der Waals surface area (Å²) in [5.74, 6) is 0.0928. The summed E-state index contributed by atoms with van der Waals surface area (Å²) < 4.78 is 28.3. The van der Waals surface area contributed by atoms with E-state index in [0.717, 1.165) is 11.1 Å². The minimum atomic E-state index is -0.286. The van der Waals surface area contributed by atoms with E-state index in [-0.39, 0.29) is 17.7 Å². The Labute approximate surface area is 176 Å². The number of halogens is 2. The molecule has 3 rings (SSSR count). The van der Waals surface area contributed by atoms with Crippen LogP contribution in [0, 0.1) is 18.6 Å². The summed E-state index contributed by atoms with van der Waals surface area (Å²) in [6.45, 7) is 6.46. The number of aliphatic hydroxyl groups is 1. The van der Waals surface area contributed by atoms with Gasteiger partial charge in [-0.15, -0.1) is 0 Å². The molecule has 0 unspecified atom stereocenters. The fraction of sp³-hybridized carbons (Fsp3) is 0.435. The first-order valence-corrected chi connectivity index (χ1v) is 10.4. The number of hydrogen-bond acceptors (Lipinski definition) is 3. The number of benzene rings is 2. The fourth-order valence-electron chi connectivity index (χ4n) is 3.46. The first kappa shape index (κ1) is 22.0. The van der Waals surface area contributed by atoms with Crippen LogP contribution in [0.25, 0.3) is 0 Å². The van der Waals surface area contributed by atoms with Gasteiger partial charge in [-0.2, -0.15) is 0 Å². The third-order valence-corrected chi connectivity index (χ3v) is 5.28. The van der Waals surface area contributed by atoms with Crippen LogP contribution in [0.3, 0.4) is 0 Å². The molecule has 7 heteroatoms. The third kappa shape index (κ3) is 5.92. The van der Waals surface area contributed by atoms with Crippen LogP contribution in [0.15, 0.2) is 41.4 Å². The number of anilines is 1. The van der Waals surface area contributed by atoms with Crippen LogP contribution in [-0.2, 0) is 13.1 Å². The molecular weight excluding hydrogens is 386 g/mol. The molecule has 0 amide bonds. The van der Waals surface area contributed by atoms with E-state index in [4.69, 9.17) is 0 Å². The van der Waals surface area contributed by atoms with E-state index in [9.17, 15) is 13.9 Å². The van der Waals surface area contributed by atoms with E-state index < -0.39 is 0 Å². The first-order chi connectivity index (χ1) is 14.5. The van der Waals surface area contributed by atoms with E-state index in [2.05, 4.69) is 15.6 Å². The van der Waals surface area contributed by atoms with Gasteiger partial charge in [-0.25, -0.2) is 13.8 Å². The van der Waals surface area contributed by atoms with Crippen molar-refractivity contribution in [2.24, 2.45) is 4.99 Å². The summed E-state index contributed by atoms with van der Waals surface area (Å²) in [4.78, 5) is 6.49. The van der Waals surface area contributed by atoms with E-state index >= 15 is 0 Å². The van der Waals surface area contributed by atoms with Crippen LogP contribution < -0.4 is 15.5 Å². The molecule has 0 radical (unpaired) electrons. The summed E-state index contributed by atoms with van der Waals surface area (Å²) >= 11 is 0. The van der Waals surface area contributed by atoms with Gasteiger partial charge in [0.25, 0.3) is 0 Å². The number of aliphatic imine (C=N–C) groups is 1. The van der Waals surface area contributed by atoms with E-state index in [1.54, 1.807) is 19.1 Å². The molecule has 0 atom stereocenters. The van der Waals surface area contributed by atoms with Gasteiger partial charge in [0, 0.05) is 26.2 Å². The highest BCUT2D eigenvalue weighted by molar-refractivity contribution is 5.79. The highest BCUT2D eigenvalue weighted by Crippen LogP contribution is 2.24. The van der Waals surface area contributed by atoms with Crippen molar-refractivity contribution < 1.29 is 13.9 Å². The molecule has 1 aliphatic rings. The van der Waals surface area contributed by atoms with Crippen molar-refractivity contribution in [1.29, 1.82) is 0 Å². The Morgan fingerprint density at radius 3 is 2.43 bits per heavy atom. The molecule has 162 valence electrons. The fourth-order valence-corrected chi connectivity index (χ4v) is 3.46. The molecule has 2 aromatic carbocycles. The minimum Gasteiger partial charge on any atom is -0.393 e. The number of piperidine rings is 1. The predicted octanol–water partition coefficient (Wildman–Crippen LogP) is 3.49. The van der Waals surface area contributed by atoms with Crippen molar-refractivity contribution in [3.63, 3.8) is 0 Å². The van der Waals surface area contributed by atoms with Gasteiger partial charge in [0.2, 0.25) is 0 Å². The first-order valence-electron chi connectivity index (χ1n) is 10.4. The zero-order chi connectivity index (χ0) is 21.5. The third-order valence-electron chi connectivity index (χ3n) is 5.28. The number of nitrogens with one attached hydrogen (secondary N) is 2. The number of hydrogen-bond donors (Lipinski definition) is 3. The second-order valence-corrected chi connectivity index (χ2v) is 7.64. The Morgan fingerprint density at radius 2 is 1.77 bits per heavy atom. The molecule has 1 heterocycles. The predicted molar refractivity (Wildman–Crippen MR) is 117 cm³/mol. The molecule has 3 N–H and O–H groups in total. The standard InChI is InChI=1S/C23H30F2N4O/c1-3-26-23(27-14-17-5-4-16(2)20(24)12-17)28-15-18-6-7-22(21(25)13-18)29-10-8-19(30)9-11-29/h4-7,12-13,19,30H,3,8-11,14-15H2,1-2H3,(H2,26,27,28). The lowest BCUT2D eigenvalue weighted by atomic mass is 10.1. The summed E-state index contributed by atoms with van der Waals surface area (Å²) in [7, 11) is 0. The highest BCUT2D eigenvalue weighted by atomic mass is 19.1. The molecular formula is C23H30F2N4O. The minimum absolute atomic E-state index is 0.227. The lowest BCUT2D eigenvalue weighted by Crippen LogP contribution is -2.36. The molecule has 5 nitrogen and oxygen atoms in total. The Balaban J connectivity index is 1.62. The Kier molecular flexibility index (Phi) is 7.63. The molecule has 0 aromatic heterocycles. The van der Waals surface area contributed by atoms with Crippen molar-refractivity contribution >= 4 is 11.6 Å². The Bertz CT molecular complexity index is 880. The van der Waals surface area contributed by atoms with Crippen molar-refractivity contribution in [3.05, 3.63) is 64.7 Å². The number of nitrogens with zero attached hydrogens (tertiary/aromatic N) is 2. The largest absolute Gasteiger partial charge is 0.393 e. The van der Waals surface area contributed by atoms with Crippen molar-refractivity contribution in [1.82, 2.24) is 10.6 Å². The average molecular weight is 417 g/mol. The van der Waals surface area contributed by atoms with Crippen molar-refractivity contribution in [2.75, 3.05) is 24.5 Å². The lowest BCUT2D eigenvalue weighted by Gasteiger charge is -2.31. The Hall–Kier alpha value is -2.67. The summed E-state index contributed by atoms with van der Waals surface area (Å²) in [5, 5.41) is 16.0.